The third-order valence-electron chi connectivity index (χ3n) is 4.89. The molecule has 21 heavy (non-hydrogen) atoms. The summed E-state index contributed by atoms with van der Waals surface area (Å²) in [5.41, 5.74) is 7.00. The molecule has 5 heteroatoms. The molecule has 0 saturated carbocycles. The quantitative estimate of drug-likeness (QED) is 0.880. The second-order valence-electron chi connectivity index (χ2n) is 6.40. The Labute approximate surface area is 125 Å². The highest BCUT2D eigenvalue weighted by Crippen LogP contribution is 2.32. The highest BCUT2D eigenvalue weighted by molar-refractivity contribution is 5.78. The number of anilines is 1. The van der Waals surface area contributed by atoms with E-state index in [4.69, 9.17) is 5.73 Å². The normalized spacial score (nSPS) is 29.1. The van der Waals surface area contributed by atoms with Crippen molar-refractivity contribution < 1.29 is 4.79 Å². The topological polar surface area (TPSA) is 71.2 Å². The van der Waals surface area contributed by atoms with Crippen molar-refractivity contribution in [2.45, 2.75) is 56.7 Å². The number of pyridine rings is 1. The van der Waals surface area contributed by atoms with E-state index in [0.717, 1.165) is 18.5 Å². The summed E-state index contributed by atoms with van der Waals surface area (Å²) in [6.07, 6.45) is 7.94. The van der Waals surface area contributed by atoms with Crippen molar-refractivity contribution in [1.29, 1.82) is 0 Å². The van der Waals surface area contributed by atoms with E-state index in [-0.39, 0.29) is 5.91 Å². The Bertz CT molecular complexity index is 488. The number of carbonyl (C=O) groups is 1. The molecule has 114 valence electrons. The van der Waals surface area contributed by atoms with E-state index >= 15 is 0 Å². The van der Waals surface area contributed by atoms with Gasteiger partial charge in [0.2, 0.25) is 5.91 Å². The summed E-state index contributed by atoms with van der Waals surface area (Å²) < 4.78 is 0. The molecular weight excluding hydrogens is 264 g/mol. The van der Waals surface area contributed by atoms with Gasteiger partial charge in [0.25, 0.3) is 0 Å². The van der Waals surface area contributed by atoms with E-state index in [1.165, 1.54) is 19.3 Å². The van der Waals surface area contributed by atoms with Crippen LogP contribution in [0.2, 0.25) is 0 Å². The molecule has 2 aliphatic rings. The van der Waals surface area contributed by atoms with E-state index in [2.05, 4.69) is 22.2 Å². The Morgan fingerprint density at radius 2 is 2.10 bits per heavy atom. The minimum absolute atomic E-state index is 0.0693. The van der Waals surface area contributed by atoms with Gasteiger partial charge in [-0.05, 0) is 44.9 Å². The third-order valence-corrected chi connectivity index (χ3v) is 4.89. The van der Waals surface area contributed by atoms with E-state index < -0.39 is 0 Å². The second-order valence-corrected chi connectivity index (χ2v) is 6.40. The van der Waals surface area contributed by atoms with Crippen LogP contribution in [-0.4, -0.2) is 41.0 Å². The van der Waals surface area contributed by atoms with Crippen LogP contribution in [-0.2, 0) is 11.2 Å². The first-order chi connectivity index (χ1) is 10.1. The Hall–Kier alpha value is -1.62. The number of aromatic nitrogens is 1. The van der Waals surface area contributed by atoms with Gasteiger partial charge in [-0.3, -0.25) is 9.78 Å². The lowest BCUT2D eigenvalue weighted by Crippen LogP contribution is -2.55. The zero-order valence-corrected chi connectivity index (χ0v) is 12.6. The maximum absolute atomic E-state index is 12.2. The first kappa shape index (κ1) is 14.3. The lowest BCUT2D eigenvalue weighted by molar-refractivity contribution is -0.122. The van der Waals surface area contributed by atoms with E-state index in [1.807, 2.05) is 6.07 Å². The summed E-state index contributed by atoms with van der Waals surface area (Å²) in [6, 6.07) is 5.20. The second kappa shape index (κ2) is 6.02. The predicted molar refractivity (Wildman–Crippen MR) is 82.7 cm³/mol. The molecule has 2 unspecified atom stereocenters. The van der Waals surface area contributed by atoms with Crippen molar-refractivity contribution in [3.05, 3.63) is 24.0 Å². The predicted octanol–water partition coefficient (Wildman–Crippen LogP) is 1.34. The molecule has 1 amide bonds. The number of nitrogens with one attached hydrogen (secondary N) is 1. The zero-order chi connectivity index (χ0) is 14.8. The van der Waals surface area contributed by atoms with Crippen molar-refractivity contribution >= 4 is 11.6 Å². The fourth-order valence-corrected chi connectivity index (χ4v) is 3.72. The van der Waals surface area contributed by atoms with E-state index in [0.29, 0.717) is 30.2 Å². The van der Waals surface area contributed by atoms with Crippen molar-refractivity contribution in [2.75, 3.05) is 12.8 Å². The van der Waals surface area contributed by atoms with Gasteiger partial charge < -0.3 is 16.0 Å². The first-order valence-electron chi connectivity index (χ1n) is 7.83. The van der Waals surface area contributed by atoms with E-state index in [1.54, 1.807) is 12.3 Å². The molecule has 0 aliphatic carbocycles. The highest BCUT2D eigenvalue weighted by atomic mass is 16.1. The van der Waals surface area contributed by atoms with Crippen molar-refractivity contribution in [1.82, 2.24) is 15.2 Å². The minimum Gasteiger partial charge on any atom is -0.397 e. The maximum Gasteiger partial charge on any atom is 0.226 e. The number of nitrogens with two attached hydrogens (primary N) is 1. The summed E-state index contributed by atoms with van der Waals surface area (Å²) in [4.78, 5) is 18.9. The number of hydrogen-bond donors (Lipinski definition) is 2. The van der Waals surface area contributed by atoms with Gasteiger partial charge in [-0.2, -0.15) is 0 Å². The smallest absolute Gasteiger partial charge is 0.226 e. The summed E-state index contributed by atoms with van der Waals surface area (Å²) >= 11 is 0. The average Bonchev–Trinajstić information content (AvgIpc) is 2.42. The Balaban J connectivity index is 1.54. The molecular formula is C16H24N4O. The molecule has 0 radical (unpaired) electrons. The fourth-order valence-electron chi connectivity index (χ4n) is 3.72. The van der Waals surface area contributed by atoms with Crippen LogP contribution in [0.3, 0.4) is 0 Å². The monoisotopic (exact) mass is 288 g/mol. The van der Waals surface area contributed by atoms with Gasteiger partial charge in [0.1, 0.15) is 0 Å². The first-order valence-corrected chi connectivity index (χ1v) is 7.83. The molecule has 2 fully saturated rings. The molecule has 1 aromatic rings. The van der Waals surface area contributed by atoms with Gasteiger partial charge in [-0.1, -0.05) is 6.42 Å². The van der Waals surface area contributed by atoms with Crippen molar-refractivity contribution in [3.8, 4) is 0 Å². The van der Waals surface area contributed by atoms with Crippen LogP contribution in [0.1, 0.15) is 37.8 Å². The number of nitrogens with zero attached hydrogens (tertiary/aromatic N) is 2. The highest BCUT2D eigenvalue weighted by Gasteiger charge is 2.36. The summed E-state index contributed by atoms with van der Waals surface area (Å²) in [6.45, 7) is 0. The molecule has 2 aliphatic heterocycles. The molecule has 2 atom stereocenters. The summed E-state index contributed by atoms with van der Waals surface area (Å²) in [5.74, 6) is 0.0693. The van der Waals surface area contributed by atoms with Gasteiger partial charge in [-0.25, -0.2) is 0 Å². The number of piperidine rings is 2. The Kier molecular flexibility index (Phi) is 4.10. The lowest BCUT2D eigenvalue weighted by atomic mass is 9.82. The van der Waals surface area contributed by atoms with Crippen molar-refractivity contribution in [3.63, 3.8) is 0 Å². The van der Waals surface area contributed by atoms with Crippen LogP contribution >= 0.6 is 0 Å². The molecule has 3 N–H and O–H groups in total. The molecule has 1 aromatic heterocycles. The van der Waals surface area contributed by atoms with Crippen LogP contribution < -0.4 is 11.1 Å². The van der Waals surface area contributed by atoms with Gasteiger partial charge in [0, 0.05) is 23.8 Å². The molecule has 5 nitrogen and oxygen atoms in total. The van der Waals surface area contributed by atoms with Crippen LogP contribution in [0.4, 0.5) is 5.69 Å². The van der Waals surface area contributed by atoms with Crippen LogP contribution in [0.25, 0.3) is 0 Å². The average molecular weight is 288 g/mol. The van der Waals surface area contributed by atoms with E-state index in [9.17, 15) is 4.79 Å². The SMILES string of the molecule is CN1C2CCCC1CC(NC(=O)Cc1ccc(N)cn1)C2. The number of nitrogen functional groups attached to an aromatic ring is 1. The van der Waals surface area contributed by atoms with Gasteiger partial charge in [-0.15, -0.1) is 0 Å². The fraction of sp³-hybridized carbons (Fsp3) is 0.625. The summed E-state index contributed by atoms with van der Waals surface area (Å²) in [5, 5.41) is 3.19. The summed E-state index contributed by atoms with van der Waals surface area (Å²) in [7, 11) is 2.23. The molecule has 2 bridgehead atoms. The molecule has 0 aromatic carbocycles. The maximum atomic E-state index is 12.2. The van der Waals surface area contributed by atoms with Gasteiger partial charge in [0.05, 0.1) is 18.3 Å². The number of hydrogen-bond acceptors (Lipinski definition) is 4. The molecule has 3 rings (SSSR count). The molecule has 0 spiro atoms. The third kappa shape index (κ3) is 3.35. The minimum atomic E-state index is 0.0693. The number of rotatable bonds is 3. The molecule has 2 saturated heterocycles. The van der Waals surface area contributed by atoms with Crippen LogP contribution in [0.5, 0.6) is 0 Å². The number of fused-ring (bicyclic) bond motifs is 2. The van der Waals surface area contributed by atoms with Gasteiger partial charge in [0.15, 0.2) is 0 Å². The number of carbonyl (C=O) groups excluding carboxylic acids is 1. The Morgan fingerprint density at radius 1 is 1.38 bits per heavy atom. The van der Waals surface area contributed by atoms with Gasteiger partial charge >= 0.3 is 0 Å². The molecule has 3 heterocycles. The standard InChI is InChI=1S/C16H24N4O/c1-20-14-3-2-4-15(20)8-13(7-14)19-16(21)9-12-6-5-11(17)10-18-12/h5-6,10,13-15H,2-4,7-9,17H2,1H3,(H,19,21). The largest absolute Gasteiger partial charge is 0.397 e. The number of amides is 1. The van der Waals surface area contributed by atoms with Crippen molar-refractivity contribution in [2.24, 2.45) is 0 Å². The van der Waals surface area contributed by atoms with Crippen LogP contribution in [0, 0.1) is 0 Å². The zero-order valence-electron chi connectivity index (χ0n) is 12.6. The lowest BCUT2D eigenvalue weighted by Gasteiger charge is -2.47. The Morgan fingerprint density at radius 3 is 2.71 bits per heavy atom. The van der Waals surface area contributed by atoms with Crippen LogP contribution in [0.15, 0.2) is 18.3 Å².